The van der Waals surface area contributed by atoms with Crippen LogP contribution in [0.25, 0.3) is 16.9 Å². The lowest BCUT2D eigenvalue weighted by Gasteiger charge is -2.20. The Kier molecular flexibility index (Phi) is 6.64. The fourth-order valence-electron chi connectivity index (χ4n) is 4.21. The molecule has 1 N–H and O–H groups in total. The average molecular weight is 483 g/mol. The van der Waals surface area contributed by atoms with Crippen molar-refractivity contribution in [3.05, 3.63) is 105 Å². The highest BCUT2D eigenvalue weighted by Crippen LogP contribution is 2.35. The summed E-state index contributed by atoms with van der Waals surface area (Å²) in [6.07, 6.45) is -3.37. The first-order chi connectivity index (χ1) is 16.6. The van der Waals surface area contributed by atoms with Crippen molar-refractivity contribution < 1.29 is 23.3 Å². The van der Waals surface area contributed by atoms with Gasteiger partial charge in [-0.2, -0.15) is 18.3 Å². The number of hydrogen-bond donors (Lipinski definition) is 1. The second-order valence-electron chi connectivity index (χ2n) is 8.41. The van der Waals surface area contributed by atoms with Crippen molar-refractivity contribution in [2.75, 3.05) is 0 Å². The van der Waals surface area contributed by atoms with E-state index >= 15 is 0 Å². The SMILES string of the molecule is Cc1ccc(Cn2c(-c3cnn(-c4ccccc4)c3C)cc(C(F)(F)F)c(COO)c2=O)c(C)c1. The van der Waals surface area contributed by atoms with Gasteiger partial charge in [-0.15, -0.1) is 0 Å². The number of nitrogens with zero attached hydrogens (tertiary/aromatic N) is 3. The molecule has 0 aliphatic carbocycles. The Bertz CT molecular complexity index is 1420. The minimum Gasteiger partial charge on any atom is -0.303 e. The minimum atomic E-state index is -4.83. The quantitative estimate of drug-likeness (QED) is 0.283. The van der Waals surface area contributed by atoms with E-state index in [0.717, 1.165) is 28.4 Å². The van der Waals surface area contributed by atoms with E-state index in [1.165, 1.54) is 10.8 Å². The summed E-state index contributed by atoms with van der Waals surface area (Å²) >= 11 is 0. The number of halogens is 3. The lowest BCUT2D eigenvalue weighted by Crippen LogP contribution is -2.30. The number of aromatic nitrogens is 3. The summed E-state index contributed by atoms with van der Waals surface area (Å²) in [4.78, 5) is 17.4. The van der Waals surface area contributed by atoms with Crippen LogP contribution in [0.4, 0.5) is 13.2 Å². The van der Waals surface area contributed by atoms with Gasteiger partial charge in [-0.3, -0.25) is 10.1 Å². The van der Waals surface area contributed by atoms with Crippen LogP contribution in [-0.4, -0.2) is 19.6 Å². The summed E-state index contributed by atoms with van der Waals surface area (Å²) in [5.41, 5.74) is 1.77. The van der Waals surface area contributed by atoms with Crippen molar-refractivity contribution in [2.24, 2.45) is 0 Å². The summed E-state index contributed by atoms with van der Waals surface area (Å²) < 4.78 is 44.8. The zero-order chi connectivity index (χ0) is 25.3. The van der Waals surface area contributed by atoms with Crippen molar-refractivity contribution in [2.45, 2.75) is 40.1 Å². The first kappa shape index (κ1) is 24.4. The van der Waals surface area contributed by atoms with Gasteiger partial charge in [0, 0.05) is 5.56 Å². The van der Waals surface area contributed by atoms with Crippen LogP contribution in [0.2, 0.25) is 0 Å². The van der Waals surface area contributed by atoms with Crippen LogP contribution >= 0.6 is 0 Å². The van der Waals surface area contributed by atoms with E-state index in [9.17, 15) is 18.0 Å². The molecule has 2 aromatic carbocycles. The van der Waals surface area contributed by atoms with Gasteiger partial charge in [0.25, 0.3) is 5.56 Å². The van der Waals surface area contributed by atoms with E-state index in [-0.39, 0.29) is 12.2 Å². The molecule has 0 unspecified atom stereocenters. The predicted molar refractivity (Wildman–Crippen MR) is 125 cm³/mol. The second kappa shape index (κ2) is 9.52. The molecule has 35 heavy (non-hydrogen) atoms. The van der Waals surface area contributed by atoms with E-state index in [1.54, 1.807) is 11.6 Å². The molecule has 0 spiro atoms. The summed E-state index contributed by atoms with van der Waals surface area (Å²) in [6, 6.07) is 15.8. The highest BCUT2D eigenvalue weighted by molar-refractivity contribution is 5.64. The molecule has 0 amide bonds. The van der Waals surface area contributed by atoms with E-state index in [4.69, 9.17) is 5.26 Å². The molecule has 0 atom stereocenters. The van der Waals surface area contributed by atoms with E-state index in [0.29, 0.717) is 11.3 Å². The highest BCUT2D eigenvalue weighted by Gasteiger charge is 2.36. The van der Waals surface area contributed by atoms with Gasteiger partial charge in [-0.1, -0.05) is 42.0 Å². The Balaban J connectivity index is 1.99. The molecule has 6 nitrogen and oxygen atoms in total. The van der Waals surface area contributed by atoms with Crippen LogP contribution in [0.1, 0.15) is 33.5 Å². The lowest BCUT2D eigenvalue weighted by molar-refractivity contribution is -0.254. The maximum Gasteiger partial charge on any atom is 0.417 e. The van der Waals surface area contributed by atoms with E-state index in [2.05, 4.69) is 9.99 Å². The van der Waals surface area contributed by atoms with Gasteiger partial charge in [0.15, 0.2) is 0 Å². The molecule has 9 heteroatoms. The predicted octanol–water partition coefficient (Wildman–Crippen LogP) is 5.68. The van der Waals surface area contributed by atoms with Gasteiger partial charge in [-0.25, -0.2) is 9.57 Å². The zero-order valence-electron chi connectivity index (χ0n) is 19.4. The Labute approximate surface area is 199 Å². The fraction of sp³-hybridized carbons (Fsp3) is 0.231. The monoisotopic (exact) mass is 483 g/mol. The Morgan fingerprint density at radius 1 is 1.03 bits per heavy atom. The van der Waals surface area contributed by atoms with Gasteiger partial charge in [-0.05, 0) is 50.1 Å². The first-order valence-electron chi connectivity index (χ1n) is 10.9. The number of benzene rings is 2. The number of rotatable bonds is 6. The maximum absolute atomic E-state index is 14.0. The molecule has 182 valence electrons. The Morgan fingerprint density at radius 3 is 2.37 bits per heavy atom. The Morgan fingerprint density at radius 2 is 1.74 bits per heavy atom. The van der Waals surface area contributed by atoms with Crippen molar-refractivity contribution in [3.8, 4) is 16.9 Å². The van der Waals surface area contributed by atoms with Crippen LogP contribution in [0, 0.1) is 20.8 Å². The van der Waals surface area contributed by atoms with Crippen LogP contribution in [0.3, 0.4) is 0 Å². The summed E-state index contributed by atoms with van der Waals surface area (Å²) in [5, 5.41) is 13.3. The third-order valence-corrected chi connectivity index (χ3v) is 6.03. The molecule has 4 rings (SSSR count). The van der Waals surface area contributed by atoms with Gasteiger partial charge >= 0.3 is 6.18 Å². The number of aryl methyl sites for hydroxylation is 2. The number of alkyl halides is 3. The third kappa shape index (κ3) is 4.78. The number of pyridine rings is 1. The number of hydrogen-bond acceptors (Lipinski definition) is 4. The molecule has 0 radical (unpaired) electrons. The first-order valence-corrected chi connectivity index (χ1v) is 10.9. The van der Waals surface area contributed by atoms with E-state index < -0.39 is 29.5 Å². The normalized spacial score (nSPS) is 11.7. The molecule has 0 saturated carbocycles. The average Bonchev–Trinajstić information content (AvgIpc) is 3.19. The highest BCUT2D eigenvalue weighted by atomic mass is 19.4. The molecule has 0 bridgehead atoms. The molecule has 2 aromatic heterocycles. The number of para-hydroxylation sites is 1. The van der Waals surface area contributed by atoms with Gasteiger partial charge in [0.1, 0.15) is 6.61 Å². The van der Waals surface area contributed by atoms with Crippen LogP contribution in [0.5, 0.6) is 0 Å². The van der Waals surface area contributed by atoms with Crippen molar-refractivity contribution in [1.82, 2.24) is 14.3 Å². The molecular weight excluding hydrogens is 459 g/mol. The van der Waals surface area contributed by atoms with Crippen LogP contribution in [-0.2, 0) is 24.2 Å². The van der Waals surface area contributed by atoms with Crippen LogP contribution in [0.15, 0.2) is 65.6 Å². The van der Waals surface area contributed by atoms with Gasteiger partial charge < -0.3 is 4.57 Å². The lowest BCUT2D eigenvalue weighted by atomic mass is 10.0. The minimum absolute atomic E-state index is 0.0345. The largest absolute Gasteiger partial charge is 0.417 e. The van der Waals surface area contributed by atoms with E-state index in [1.807, 2.05) is 62.4 Å². The molecule has 0 fully saturated rings. The molecule has 2 heterocycles. The topological polar surface area (TPSA) is 69.3 Å². The van der Waals surface area contributed by atoms with Gasteiger partial charge in [0.2, 0.25) is 0 Å². The van der Waals surface area contributed by atoms with Crippen molar-refractivity contribution >= 4 is 0 Å². The van der Waals surface area contributed by atoms with Crippen LogP contribution < -0.4 is 5.56 Å². The maximum atomic E-state index is 14.0. The molecule has 0 aliphatic heterocycles. The summed E-state index contributed by atoms with van der Waals surface area (Å²) in [6.45, 7) is 4.70. The third-order valence-electron chi connectivity index (χ3n) is 6.03. The van der Waals surface area contributed by atoms with Gasteiger partial charge in [0.05, 0.1) is 40.9 Å². The zero-order valence-corrected chi connectivity index (χ0v) is 19.4. The fourth-order valence-corrected chi connectivity index (χ4v) is 4.21. The molecular formula is C26H24F3N3O3. The molecule has 0 saturated heterocycles. The summed E-state index contributed by atoms with van der Waals surface area (Å²) in [7, 11) is 0. The van der Waals surface area contributed by atoms with Crippen molar-refractivity contribution in [1.29, 1.82) is 0 Å². The van der Waals surface area contributed by atoms with Crippen molar-refractivity contribution in [3.63, 3.8) is 0 Å². The molecule has 4 aromatic rings. The smallest absolute Gasteiger partial charge is 0.303 e. The second-order valence-corrected chi connectivity index (χ2v) is 8.41. The summed E-state index contributed by atoms with van der Waals surface area (Å²) in [5.74, 6) is 0. The standard InChI is InChI=1S/C26H24F3N3O3/c1-16-9-10-19(17(2)11-16)14-31-24(12-23(26(27,28)29)22(15-35-34)25(31)33)21-13-30-32(18(21)3)20-7-5-4-6-8-20/h4-13,34H,14-15H2,1-3H3. The Hall–Kier alpha value is -3.69. The molecule has 0 aliphatic rings.